The van der Waals surface area contributed by atoms with E-state index in [1.54, 1.807) is 24.5 Å². The average Bonchev–Trinajstić information content (AvgIpc) is 2.87. The minimum absolute atomic E-state index is 0.0442. The van der Waals surface area contributed by atoms with Gasteiger partial charge in [0.25, 0.3) is 5.91 Å². The van der Waals surface area contributed by atoms with E-state index in [9.17, 15) is 27.2 Å². The van der Waals surface area contributed by atoms with Crippen molar-refractivity contribution in [2.45, 2.75) is 12.6 Å². The number of amides is 2. The van der Waals surface area contributed by atoms with E-state index in [4.69, 9.17) is 32.0 Å². The molecular formula is C25H23ClF4N4O5. The van der Waals surface area contributed by atoms with E-state index in [1.807, 2.05) is 12.1 Å². The number of halogens is 5. The van der Waals surface area contributed by atoms with E-state index in [2.05, 4.69) is 10.3 Å². The summed E-state index contributed by atoms with van der Waals surface area (Å²) in [5.74, 6) is -4.09. The van der Waals surface area contributed by atoms with Crippen LogP contribution in [0.5, 0.6) is 5.75 Å². The van der Waals surface area contributed by atoms with E-state index in [0.717, 1.165) is 5.69 Å². The van der Waals surface area contributed by atoms with Crippen molar-refractivity contribution in [3.8, 4) is 5.75 Å². The van der Waals surface area contributed by atoms with Gasteiger partial charge in [0.05, 0.1) is 5.69 Å². The SMILES string of the molecule is NC(=O)CCN(C(=O)c1cc(Cl)cc(OCCNc2ccncc2)c1)c1ccccc1F.O=C(O)C(F)(F)F. The largest absolute Gasteiger partial charge is 0.492 e. The number of carbonyl (C=O) groups is 3. The van der Waals surface area contributed by atoms with Gasteiger partial charge in [0.1, 0.15) is 18.2 Å². The van der Waals surface area contributed by atoms with Gasteiger partial charge in [-0.05, 0) is 42.5 Å². The average molecular weight is 571 g/mol. The Morgan fingerprint density at radius 1 is 1.08 bits per heavy atom. The van der Waals surface area contributed by atoms with Gasteiger partial charge in [-0.1, -0.05) is 23.7 Å². The van der Waals surface area contributed by atoms with Crippen LogP contribution in [0.15, 0.2) is 67.0 Å². The lowest BCUT2D eigenvalue weighted by Crippen LogP contribution is -2.34. The van der Waals surface area contributed by atoms with E-state index in [0.29, 0.717) is 18.9 Å². The number of rotatable bonds is 10. The Hall–Kier alpha value is -4.39. The number of nitrogens with zero attached hydrogens (tertiary/aromatic N) is 2. The number of pyridine rings is 1. The third-order valence-corrected chi connectivity index (χ3v) is 4.93. The van der Waals surface area contributed by atoms with E-state index in [1.165, 1.54) is 35.2 Å². The fraction of sp³-hybridized carbons (Fsp3) is 0.200. The number of carbonyl (C=O) groups excluding carboxylic acids is 2. The maximum Gasteiger partial charge on any atom is 0.490 e. The van der Waals surface area contributed by atoms with Crippen LogP contribution in [0.1, 0.15) is 16.8 Å². The van der Waals surface area contributed by atoms with Crippen molar-refractivity contribution in [1.82, 2.24) is 4.98 Å². The zero-order chi connectivity index (χ0) is 29.0. The lowest BCUT2D eigenvalue weighted by atomic mass is 10.1. The summed E-state index contributed by atoms with van der Waals surface area (Å²) in [7, 11) is 0. The first-order valence-electron chi connectivity index (χ1n) is 11.1. The summed E-state index contributed by atoms with van der Waals surface area (Å²) in [6.07, 6.45) is -1.85. The van der Waals surface area contributed by atoms with Gasteiger partial charge < -0.3 is 25.8 Å². The minimum Gasteiger partial charge on any atom is -0.492 e. The summed E-state index contributed by atoms with van der Waals surface area (Å²) in [6, 6.07) is 14.1. The zero-order valence-electron chi connectivity index (χ0n) is 20.1. The van der Waals surface area contributed by atoms with Gasteiger partial charge in [-0.2, -0.15) is 13.2 Å². The second-order valence-electron chi connectivity index (χ2n) is 7.61. The fourth-order valence-corrected chi connectivity index (χ4v) is 3.21. The van der Waals surface area contributed by atoms with Gasteiger partial charge in [-0.3, -0.25) is 14.6 Å². The normalized spacial score (nSPS) is 10.6. The number of alkyl halides is 3. The van der Waals surface area contributed by atoms with Crippen molar-refractivity contribution in [3.05, 3.63) is 83.4 Å². The molecule has 0 radical (unpaired) electrons. The Balaban J connectivity index is 0.000000673. The van der Waals surface area contributed by atoms with Gasteiger partial charge in [0, 0.05) is 48.2 Å². The molecule has 4 N–H and O–H groups in total. The molecule has 9 nitrogen and oxygen atoms in total. The Kier molecular flexibility index (Phi) is 11.5. The van der Waals surface area contributed by atoms with Crippen LogP contribution in [-0.4, -0.2) is 53.7 Å². The number of nitrogens with two attached hydrogens (primary N) is 1. The number of anilines is 2. The molecule has 0 unspecified atom stereocenters. The lowest BCUT2D eigenvalue weighted by molar-refractivity contribution is -0.192. The van der Waals surface area contributed by atoms with Crippen LogP contribution < -0.4 is 20.7 Å². The Morgan fingerprint density at radius 2 is 1.72 bits per heavy atom. The highest BCUT2D eigenvalue weighted by Crippen LogP contribution is 2.26. The minimum atomic E-state index is -5.08. The van der Waals surface area contributed by atoms with Crippen LogP contribution in [0, 0.1) is 5.82 Å². The number of primary amides is 1. The van der Waals surface area contributed by atoms with E-state index in [-0.39, 0.29) is 29.2 Å². The smallest absolute Gasteiger partial charge is 0.490 e. The van der Waals surface area contributed by atoms with Gasteiger partial charge in [0.2, 0.25) is 5.91 Å². The predicted octanol–water partition coefficient (Wildman–Crippen LogP) is 4.52. The molecule has 2 aromatic carbocycles. The van der Waals surface area contributed by atoms with Gasteiger partial charge >= 0.3 is 12.1 Å². The molecule has 3 aromatic rings. The molecule has 208 valence electrons. The van der Waals surface area contributed by atoms with Gasteiger partial charge in [-0.25, -0.2) is 9.18 Å². The van der Waals surface area contributed by atoms with E-state index >= 15 is 0 Å². The summed E-state index contributed by atoms with van der Waals surface area (Å²) in [6.45, 7) is 0.752. The van der Waals surface area contributed by atoms with Crippen molar-refractivity contribution in [2.75, 3.05) is 29.9 Å². The molecule has 0 aliphatic heterocycles. The van der Waals surface area contributed by atoms with Crippen LogP contribution >= 0.6 is 11.6 Å². The number of para-hydroxylation sites is 1. The third-order valence-electron chi connectivity index (χ3n) is 4.71. The molecule has 0 spiro atoms. The van der Waals surface area contributed by atoms with Crippen molar-refractivity contribution in [2.24, 2.45) is 5.73 Å². The third kappa shape index (κ3) is 10.5. The highest BCUT2D eigenvalue weighted by molar-refractivity contribution is 6.31. The molecule has 1 aromatic heterocycles. The molecular weight excluding hydrogens is 548 g/mol. The van der Waals surface area contributed by atoms with Crippen LogP contribution in [-0.2, 0) is 9.59 Å². The second kappa shape index (κ2) is 14.5. The Labute approximate surface area is 225 Å². The number of aliphatic carboxylic acids is 1. The molecule has 14 heteroatoms. The first kappa shape index (κ1) is 30.8. The van der Waals surface area contributed by atoms with Crippen molar-refractivity contribution in [3.63, 3.8) is 0 Å². The highest BCUT2D eigenvalue weighted by atomic mass is 35.5. The lowest BCUT2D eigenvalue weighted by Gasteiger charge is -2.23. The first-order chi connectivity index (χ1) is 18.4. The monoisotopic (exact) mass is 570 g/mol. The molecule has 3 rings (SSSR count). The summed E-state index contributed by atoms with van der Waals surface area (Å²) in [4.78, 5) is 38.5. The summed E-state index contributed by atoms with van der Waals surface area (Å²) in [5.41, 5.74) is 6.38. The van der Waals surface area contributed by atoms with Crippen LogP contribution in [0.3, 0.4) is 0 Å². The molecule has 0 atom stereocenters. The number of aromatic nitrogens is 1. The predicted molar refractivity (Wildman–Crippen MR) is 135 cm³/mol. The maximum atomic E-state index is 14.4. The molecule has 0 bridgehead atoms. The molecule has 0 saturated carbocycles. The molecule has 0 saturated heterocycles. The summed E-state index contributed by atoms with van der Waals surface area (Å²) < 4.78 is 51.8. The molecule has 0 aliphatic carbocycles. The van der Waals surface area contributed by atoms with Crippen LogP contribution in [0.25, 0.3) is 0 Å². The van der Waals surface area contributed by atoms with Crippen molar-refractivity contribution in [1.29, 1.82) is 0 Å². The number of ether oxygens (including phenoxy) is 1. The fourth-order valence-electron chi connectivity index (χ4n) is 2.98. The molecule has 39 heavy (non-hydrogen) atoms. The number of benzene rings is 2. The number of carboxylic acids is 1. The first-order valence-corrected chi connectivity index (χ1v) is 11.5. The molecule has 0 aliphatic rings. The molecule has 2 amide bonds. The van der Waals surface area contributed by atoms with Crippen molar-refractivity contribution >= 4 is 40.8 Å². The van der Waals surface area contributed by atoms with Gasteiger partial charge in [-0.15, -0.1) is 0 Å². The topological polar surface area (TPSA) is 135 Å². The number of hydrogen-bond acceptors (Lipinski definition) is 6. The number of hydrogen-bond donors (Lipinski definition) is 3. The van der Waals surface area contributed by atoms with Crippen LogP contribution in [0.2, 0.25) is 5.02 Å². The zero-order valence-corrected chi connectivity index (χ0v) is 20.9. The Morgan fingerprint density at radius 3 is 2.31 bits per heavy atom. The highest BCUT2D eigenvalue weighted by Gasteiger charge is 2.38. The quantitative estimate of drug-likeness (QED) is 0.241. The maximum absolute atomic E-state index is 14.4. The summed E-state index contributed by atoms with van der Waals surface area (Å²) in [5, 5.41) is 10.6. The summed E-state index contributed by atoms with van der Waals surface area (Å²) >= 11 is 6.19. The van der Waals surface area contributed by atoms with Crippen molar-refractivity contribution < 1.29 is 41.8 Å². The van der Waals surface area contributed by atoms with Crippen LogP contribution in [0.4, 0.5) is 28.9 Å². The molecule has 0 fully saturated rings. The van der Waals surface area contributed by atoms with E-state index < -0.39 is 29.8 Å². The Bertz CT molecular complexity index is 1280. The molecule has 1 heterocycles. The van der Waals surface area contributed by atoms with Gasteiger partial charge in [0.15, 0.2) is 0 Å². The second-order valence-corrected chi connectivity index (χ2v) is 8.05. The number of carboxylic acid groups (broad SMARTS) is 1. The standard InChI is InChI=1S/C23H22ClFN4O3.C2HF3O2/c24-17-13-16(14-19(15-17)32-12-10-28-18-5-8-27-9-6-18)23(31)29(11-7-22(26)30)21-4-2-1-3-20(21)25;3-2(4,5)1(6)7/h1-6,8-9,13-15H,7,10-12H2,(H2,26,30)(H,27,28);(H,6,7). The number of nitrogens with one attached hydrogen (secondary N) is 1.